The number of amides is 1. The molecule has 0 aliphatic heterocycles. The molecule has 0 unspecified atom stereocenters. The van der Waals surface area contributed by atoms with E-state index in [1.54, 1.807) is 10.6 Å². The molecule has 0 bridgehead atoms. The molecular weight excluding hydrogens is 320 g/mol. The molecule has 4 rings (SSSR count). The van der Waals surface area contributed by atoms with E-state index in [1.165, 1.54) is 6.20 Å². The minimum Gasteiger partial charge on any atom is -0.350 e. The number of benzene rings is 1. The molecule has 0 radical (unpaired) electrons. The lowest BCUT2D eigenvalue weighted by Crippen LogP contribution is -2.25. The van der Waals surface area contributed by atoms with Crippen LogP contribution in [-0.2, 0) is 24.8 Å². The Morgan fingerprint density at radius 1 is 1.28 bits per heavy atom. The summed E-state index contributed by atoms with van der Waals surface area (Å²) in [6, 6.07) is 7.97. The van der Waals surface area contributed by atoms with Crippen LogP contribution in [0, 0.1) is 0 Å². The zero-order valence-corrected chi connectivity index (χ0v) is 13.6. The Bertz CT molecular complexity index is 1140. The van der Waals surface area contributed by atoms with Gasteiger partial charge in [-0.25, -0.2) is 0 Å². The van der Waals surface area contributed by atoms with E-state index in [2.05, 4.69) is 20.5 Å². The summed E-state index contributed by atoms with van der Waals surface area (Å²) in [6.45, 7) is 0.203. The maximum Gasteiger partial charge on any atom is 0.293 e. The minimum absolute atomic E-state index is 0.113. The summed E-state index contributed by atoms with van der Waals surface area (Å²) in [4.78, 5) is 26.5. The molecule has 0 saturated carbocycles. The Kier molecular flexibility index (Phi) is 3.57. The summed E-state index contributed by atoms with van der Waals surface area (Å²) in [6.07, 6.45) is 5.41. The Morgan fingerprint density at radius 2 is 2.12 bits per heavy atom. The SMILES string of the molecule is Cn1cc(CC(=O)NCc2nnc3c(=O)[nH]ccn23)c2ccccc21. The van der Waals surface area contributed by atoms with Gasteiger partial charge < -0.3 is 14.9 Å². The molecule has 0 aliphatic rings. The number of rotatable bonds is 4. The van der Waals surface area contributed by atoms with Crippen molar-refractivity contribution in [3.63, 3.8) is 0 Å². The quantitative estimate of drug-likeness (QED) is 0.575. The van der Waals surface area contributed by atoms with Gasteiger partial charge in [0.25, 0.3) is 5.56 Å². The average Bonchev–Trinajstić information content (AvgIpc) is 3.16. The number of aromatic nitrogens is 5. The molecule has 3 aromatic heterocycles. The number of carbonyl (C=O) groups is 1. The van der Waals surface area contributed by atoms with Crippen LogP contribution in [0.5, 0.6) is 0 Å². The smallest absolute Gasteiger partial charge is 0.293 e. The average molecular weight is 336 g/mol. The maximum absolute atomic E-state index is 12.3. The number of aryl methyl sites for hydroxylation is 1. The fourth-order valence-corrected chi connectivity index (χ4v) is 2.99. The Morgan fingerprint density at radius 3 is 3.00 bits per heavy atom. The topological polar surface area (TPSA) is 97.1 Å². The van der Waals surface area contributed by atoms with E-state index in [-0.39, 0.29) is 30.1 Å². The van der Waals surface area contributed by atoms with Gasteiger partial charge in [0, 0.05) is 36.5 Å². The third-order valence-electron chi connectivity index (χ3n) is 4.18. The molecule has 1 amide bonds. The highest BCUT2D eigenvalue weighted by Crippen LogP contribution is 2.20. The largest absolute Gasteiger partial charge is 0.350 e. The molecule has 3 heterocycles. The standard InChI is InChI=1S/C17H16N6O2/c1-22-10-11(12-4-2-3-5-13(12)22)8-15(24)19-9-14-20-21-16-17(25)18-6-7-23(14)16/h2-7,10H,8-9H2,1H3,(H,18,25)(H,19,24). The van der Waals surface area contributed by atoms with Crippen LogP contribution in [0.2, 0.25) is 0 Å². The number of aromatic amines is 1. The van der Waals surface area contributed by atoms with Gasteiger partial charge in [-0.05, 0) is 11.6 Å². The maximum atomic E-state index is 12.3. The molecule has 0 aliphatic carbocycles. The highest BCUT2D eigenvalue weighted by Gasteiger charge is 2.12. The number of fused-ring (bicyclic) bond motifs is 2. The fourth-order valence-electron chi connectivity index (χ4n) is 2.99. The van der Waals surface area contributed by atoms with Gasteiger partial charge in [0.05, 0.1) is 13.0 Å². The van der Waals surface area contributed by atoms with E-state index >= 15 is 0 Å². The van der Waals surface area contributed by atoms with Gasteiger partial charge in [0.15, 0.2) is 5.82 Å². The third kappa shape index (κ3) is 2.67. The van der Waals surface area contributed by atoms with Gasteiger partial charge in [-0.3, -0.25) is 14.0 Å². The summed E-state index contributed by atoms with van der Waals surface area (Å²) >= 11 is 0. The number of H-pyrrole nitrogens is 1. The van der Waals surface area contributed by atoms with E-state index in [9.17, 15) is 9.59 Å². The van der Waals surface area contributed by atoms with Crippen LogP contribution in [0.15, 0.2) is 47.7 Å². The molecule has 0 atom stereocenters. The van der Waals surface area contributed by atoms with Crippen molar-refractivity contribution in [2.45, 2.75) is 13.0 Å². The lowest BCUT2D eigenvalue weighted by atomic mass is 10.1. The summed E-state index contributed by atoms with van der Waals surface area (Å²) in [5.41, 5.74) is 1.95. The van der Waals surface area contributed by atoms with Gasteiger partial charge >= 0.3 is 0 Å². The number of hydrogen-bond donors (Lipinski definition) is 2. The Hall–Kier alpha value is -3.42. The zero-order chi connectivity index (χ0) is 17.4. The van der Waals surface area contributed by atoms with Gasteiger partial charge in [-0.1, -0.05) is 18.2 Å². The van der Waals surface area contributed by atoms with Gasteiger partial charge in [-0.15, -0.1) is 10.2 Å². The number of para-hydroxylation sites is 1. The van der Waals surface area contributed by atoms with Crippen LogP contribution in [0.3, 0.4) is 0 Å². The number of nitrogens with one attached hydrogen (secondary N) is 2. The van der Waals surface area contributed by atoms with Gasteiger partial charge in [0.1, 0.15) is 0 Å². The highest BCUT2D eigenvalue weighted by molar-refractivity contribution is 5.89. The van der Waals surface area contributed by atoms with Crippen molar-refractivity contribution >= 4 is 22.5 Å². The fraction of sp³-hybridized carbons (Fsp3) is 0.176. The summed E-state index contributed by atoms with van der Waals surface area (Å²) in [7, 11) is 1.96. The van der Waals surface area contributed by atoms with Crippen LogP contribution in [-0.4, -0.2) is 30.1 Å². The number of carbonyl (C=O) groups excluding carboxylic acids is 1. The predicted molar refractivity (Wildman–Crippen MR) is 92.1 cm³/mol. The van der Waals surface area contributed by atoms with Crippen molar-refractivity contribution in [3.8, 4) is 0 Å². The van der Waals surface area contributed by atoms with Crippen molar-refractivity contribution in [1.29, 1.82) is 0 Å². The van der Waals surface area contributed by atoms with E-state index in [1.807, 2.05) is 42.1 Å². The van der Waals surface area contributed by atoms with Gasteiger partial charge in [0.2, 0.25) is 11.6 Å². The molecule has 2 N–H and O–H groups in total. The number of nitrogens with zero attached hydrogens (tertiary/aromatic N) is 4. The predicted octanol–water partition coefficient (Wildman–Crippen LogP) is 0.768. The van der Waals surface area contributed by atoms with Crippen LogP contribution in [0.25, 0.3) is 16.6 Å². The molecule has 0 fully saturated rings. The first-order valence-electron chi connectivity index (χ1n) is 7.84. The molecule has 25 heavy (non-hydrogen) atoms. The summed E-state index contributed by atoms with van der Waals surface area (Å²) in [5.74, 6) is 0.394. The first kappa shape index (κ1) is 15.1. The van der Waals surface area contributed by atoms with Crippen LogP contribution < -0.4 is 10.9 Å². The second-order valence-electron chi connectivity index (χ2n) is 5.83. The lowest BCUT2D eigenvalue weighted by molar-refractivity contribution is -0.120. The van der Waals surface area contributed by atoms with Crippen LogP contribution >= 0.6 is 0 Å². The van der Waals surface area contributed by atoms with E-state index in [0.717, 1.165) is 16.5 Å². The first-order chi connectivity index (χ1) is 12.1. The normalized spacial score (nSPS) is 11.2. The molecule has 0 saturated heterocycles. The first-order valence-corrected chi connectivity index (χ1v) is 7.84. The second kappa shape index (κ2) is 5.90. The summed E-state index contributed by atoms with van der Waals surface area (Å²) in [5, 5.41) is 11.7. The molecule has 1 aromatic carbocycles. The lowest BCUT2D eigenvalue weighted by Gasteiger charge is -2.03. The molecule has 8 nitrogen and oxygen atoms in total. The monoisotopic (exact) mass is 336 g/mol. The number of hydrogen-bond acceptors (Lipinski definition) is 4. The third-order valence-corrected chi connectivity index (χ3v) is 4.18. The van der Waals surface area contributed by atoms with Crippen molar-refractivity contribution in [3.05, 3.63) is 64.6 Å². The molecule has 0 spiro atoms. The van der Waals surface area contributed by atoms with Crippen molar-refractivity contribution in [2.24, 2.45) is 7.05 Å². The summed E-state index contributed by atoms with van der Waals surface area (Å²) < 4.78 is 3.58. The second-order valence-corrected chi connectivity index (χ2v) is 5.83. The van der Waals surface area contributed by atoms with E-state index < -0.39 is 0 Å². The zero-order valence-electron chi connectivity index (χ0n) is 13.6. The molecule has 8 heteroatoms. The Labute approximate surface area is 142 Å². The molecular formula is C17H16N6O2. The van der Waals surface area contributed by atoms with Crippen LogP contribution in [0.1, 0.15) is 11.4 Å². The molecule has 4 aromatic rings. The van der Waals surface area contributed by atoms with E-state index in [0.29, 0.717) is 5.82 Å². The van der Waals surface area contributed by atoms with Crippen molar-refractivity contribution in [1.82, 2.24) is 29.5 Å². The van der Waals surface area contributed by atoms with E-state index in [4.69, 9.17) is 0 Å². The Balaban J connectivity index is 1.50. The minimum atomic E-state index is -0.316. The molecule has 126 valence electrons. The van der Waals surface area contributed by atoms with Crippen molar-refractivity contribution in [2.75, 3.05) is 0 Å². The van der Waals surface area contributed by atoms with Gasteiger partial charge in [-0.2, -0.15) is 0 Å². The van der Waals surface area contributed by atoms with Crippen molar-refractivity contribution < 1.29 is 4.79 Å². The van der Waals surface area contributed by atoms with Crippen LogP contribution in [0.4, 0.5) is 0 Å². The highest BCUT2D eigenvalue weighted by atomic mass is 16.1.